The third-order valence-corrected chi connectivity index (χ3v) is 7.39. The smallest absolute Gasteiger partial charge is 0.260 e. The van der Waals surface area contributed by atoms with Crippen LogP contribution in [0.1, 0.15) is 73.8 Å². The summed E-state index contributed by atoms with van der Waals surface area (Å²) >= 11 is 0. The number of aromatic nitrogens is 1. The lowest BCUT2D eigenvalue weighted by molar-refractivity contribution is -0.126. The molecule has 2 aliphatic carbocycles. The molecule has 0 radical (unpaired) electrons. The van der Waals surface area contributed by atoms with Gasteiger partial charge >= 0.3 is 0 Å². The van der Waals surface area contributed by atoms with Crippen LogP contribution in [-0.4, -0.2) is 40.8 Å². The number of amides is 2. The minimum absolute atomic E-state index is 0.0292. The largest absolute Gasteiger partial charge is 0.354 e. The summed E-state index contributed by atoms with van der Waals surface area (Å²) in [6.45, 7) is 2.92. The molecule has 2 saturated carbocycles. The summed E-state index contributed by atoms with van der Waals surface area (Å²) in [5, 5.41) is 3.11. The third kappa shape index (κ3) is 4.41. The molecule has 1 aromatic rings. The predicted octanol–water partition coefficient (Wildman–Crippen LogP) is 3.01. The molecular weight excluding hydrogens is 366 g/mol. The number of pyridine rings is 1. The first kappa shape index (κ1) is 20.2. The molecule has 2 heterocycles. The van der Waals surface area contributed by atoms with Gasteiger partial charge in [0.2, 0.25) is 5.91 Å². The van der Waals surface area contributed by atoms with Crippen LogP contribution in [0.5, 0.6) is 0 Å². The molecule has 4 rings (SSSR count). The number of nitrogens with one attached hydrogen (secondary N) is 2. The average Bonchev–Trinajstić information content (AvgIpc) is 3.13. The Hall–Kier alpha value is -2.11. The highest BCUT2D eigenvalue weighted by atomic mass is 16.2. The third-order valence-electron chi connectivity index (χ3n) is 7.39. The summed E-state index contributed by atoms with van der Waals surface area (Å²) < 4.78 is 0. The van der Waals surface area contributed by atoms with Crippen molar-refractivity contribution in [2.45, 2.75) is 70.8 Å². The fraction of sp³-hybridized carbons (Fsp3) is 0.696. The number of carbonyl (C=O) groups excluding carboxylic acids is 2. The highest BCUT2D eigenvalue weighted by Gasteiger charge is 2.34. The standard InChI is InChI=1S/C23H33N3O3/c1-15-7-12-20(22(28)25-15)23(29)26-13-3-6-19(26)14-24-21(27)18-10-8-17(9-11-18)16-4-2-5-16/h7,12,16-19H,2-6,8-11,13-14H2,1H3,(H,24,27)(H,25,28). The SMILES string of the molecule is Cc1ccc(C(=O)N2CCCC2CNC(=O)C2CCC(C3CCC3)CC2)c(=O)[nH]1. The van der Waals surface area contributed by atoms with Gasteiger partial charge in [-0.25, -0.2) is 0 Å². The number of aryl methyl sites for hydroxylation is 1. The van der Waals surface area contributed by atoms with Crippen molar-refractivity contribution in [2.75, 3.05) is 13.1 Å². The zero-order valence-electron chi connectivity index (χ0n) is 17.4. The average molecular weight is 400 g/mol. The molecule has 3 aliphatic rings. The number of H-pyrrole nitrogens is 1. The maximum absolute atomic E-state index is 12.9. The van der Waals surface area contributed by atoms with Crippen LogP contribution >= 0.6 is 0 Å². The predicted molar refractivity (Wildman–Crippen MR) is 112 cm³/mol. The van der Waals surface area contributed by atoms with E-state index in [-0.39, 0.29) is 34.9 Å². The number of aromatic amines is 1. The first-order chi connectivity index (χ1) is 14.0. The van der Waals surface area contributed by atoms with E-state index in [1.54, 1.807) is 24.0 Å². The molecule has 1 atom stereocenters. The first-order valence-electron chi connectivity index (χ1n) is 11.3. The second kappa shape index (κ2) is 8.72. The summed E-state index contributed by atoms with van der Waals surface area (Å²) in [4.78, 5) is 42.1. The van der Waals surface area contributed by atoms with Crippen molar-refractivity contribution in [3.05, 3.63) is 33.7 Å². The van der Waals surface area contributed by atoms with Gasteiger partial charge in [0, 0.05) is 30.7 Å². The fourth-order valence-corrected chi connectivity index (χ4v) is 5.34. The monoisotopic (exact) mass is 399 g/mol. The highest BCUT2D eigenvalue weighted by Crippen LogP contribution is 2.42. The van der Waals surface area contributed by atoms with Gasteiger partial charge < -0.3 is 15.2 Å². The van der Waals surface area contributed by atoms with Crippen LogP contribution < -0.4 is 10.9 Å². The number of rotatable bonds is 5. The minimum atomic E-state index is -0.340. The number of carbonyl (C=O) groups is 2. The Morgan fingerprint density at radius 2 is 1.76 bits per heavy atom. The van der Waals surface area contributed by atoms with Crippen LogP contribution in [-0.2, 0) is 4.79 Å². The van der Waals surface area contributed by atoms with Crippen LogP contribution in [0.4, 0.5) is 0 Å². The molecule has 1 saturated heterocycles. The Bertz CT molecular complexity index is 806. The van der Waals surface area contributed by atoms with Crippen molar-refractivity contribution < 1.29 is 9.59 Å². The second-order valence-electron chi connectivity index (χ2n) is 9.23. The number of hydrogen-bond donors (Lipinski definition) is 2. The van der Waals surface area contributed by atoms with Gasteiger partial charge in [0.1, 0.15) is 5.56 Å². The van der Waals surface area contributed by atoms with E-state index in [9.17, 15) is 14.4 Å². The highest BCUT2D eigenvalue weighted by molar-refractivity contribution is 5.94. The van der Waals surface area contributed by atoms with Crippen LogP contribution in [0.3, 0.4) is 0 Å². The van der Waals surface area contributed by atoms with Gasteiger partial charge in [0.25, 0.3) is 11.5 Å². The molecule has 158 valence electrons. The van der Waals surface area contributed by atoms with Crippen LogP contribution in [0.15, 0.2) is 16.9 Å². The molecule has 29 heavy (non-hydrogen) atoms. The summed E-state index contributed by atoms with van der Waals surface area (Å²) in [6, 6.07) is 3.32. The lowest BCUT2D eigenvalue weighted by atomic mass is 9.68. The lowest BCUT2D eigenvalue weighted by Crippen LogP contribution is -2.46. The minimum Gasteiger partial charge on any atom is -0.354 e. The van der Waals surface area contributed by atoms with E-state index >= 15 is 0 Å². The molecule has 6 nitrogen and oxygen atoms in total. The molecule has 0 aromatic carbocycles. The Morgan fingerprint density at radius 3 is 2.41 bits per heavy atom. The molecular formula is C23H33N3O3. The fourth-order valence-electron chi connectivity index (χ4n) is 5.34. The quantitative estimate of drug-likeness (QED) is 0.798. The van der Waals surface area contributed by atoms with Gasteiger partial charge in [-0.2, -0.15) is 0 Å². The summed E-state index contributed by atoms with van der Waals surface area (Å²) in [7, 11) is 0. The molecule has 1 aromatic heterocycles. The first-order valence-corrected chi connectivity index (χ1v) is 11.3. The Morgan fingerprint density at radius 1 is 1.03 bits per heavy atom. The zero-order chi connectivity index (χ0) is 20.4. The van der Waals surface area contributed by atoms with Crippen molar-refractivity contribution in [3.8, 4) is 0 Å². The van der Waals surface area contributed by atoms with Gasteiger partial charge in [0.15, 0.2) is 0 Å². The van der Waals surface area contributed by atoms with Crippen molar-refractivity contribution in [3.63, 3.8) is 0 Å². The van der Waals surface area contributed by atoms with E-state index in [1.807, 2.05) is 0 Å². The maximum Gasteiger partial charge on any atom is 0.260 e. The Kier molecular flexibility index (Phi) is 6.07. The van der Waals surface area contributed by atoms with Gasteiger partial charge in [0.05, 0.1) is 0 Å². The number of nitrogens with zero attached hydrogens (tertiary/aromatic N) is 1. The van der Waals surface area contributed by atoms with Crippen LogP contribution in [0, 0.1) is 24.7 Å². The van der Waals surface area contributed by atoms with E-state index in [1.165, 1.54) is 32.1 Å². The van der Waals surface area contributed by atoms with Gasteiger partial charge in [-0.3, -0.25) is 14.4 Å². The topological polar surface area (TPSA) is 82.3 Å². The van der Waals surface area contributed by atoms with Gasteiger partial charge in [-0.15, -0.1) is 0 Å². The molecule has 1 aliphatic heterocycles. The molecule has 3 fully saturated rings. The molecule has 2 amide bonds. The van der Waals surface area contributed by atoms with Crippen molar-refractivity contribution >= 4 is 11.8 Å². The number of hydrogen-bond acceptors (Lipinski definition) is 3. The Balaban J connectivity index is 1.29. The molecule has 2 N–H and O–H groups in total. The summed E-state index contributed by atoms with van der Waals surface area (Å²) in [5.41, 5.74) is 0.583. The molecule has 6 heteroatoms. The van der Waals surface area contributed by atoms with E-state index in [2.05, 4.69) is 10.3 Å². The maximum atomic E-state index is 12.9. The molecule has 0 spiro atoms. The van der Waals surface area contributed by atoms with Crippen molar-refractivity contribution in [1.82, 2.24) is 15.2 Å². The van der Waals surface area contributed by atoms with Gasteiger partial charge in [-0.05, 0) is 69.4 Å². The Labute approximate surface area is 172 Å². The van der Waals surface area contributed by atoms with E-state index < -0.39 is 0 Å². The van der Waals surface area contributed by atoms with Crippen LogP contribution in [0.2, 0.25) is 0 Å². The number of likely N-dealkylation sites (tertiary alicyclic amines) is 1. The van der Waals surface area contributed by atoms with Crippen LogP contribution in [0.25, 0.3) is 0 Å². The van der Waals surface area contributed by atoms with E-state index in [0.29, 0.717) is 13.1 Å². The van der Waals surface area contributed by atoms with Gasteiger partial charge in [-0.1, -0.05) is 19.3 Å². The van der Waals surface area contributed by atoms with Crippen molar-refractivity contribution in [2.24, 2.45) is 17.8 Å². The summed E-state index contributed by atoms with van der Waals surface area (Å²) in [5.74, 6) is 1.79. The molecule has 1 unspecified atom stereocenters. The van der Waals surface area contributed by atoms with E-state index in [4.69, 9.17) is 0 Å². The summed E-state index contributed by atoms with van der Waals surface area (Å²) in [6.07, 6.45) is 10.3. The second-order valence-corrected chi connectivity index (χ2v) is 9.23. The molecule has 0 bridgehead atoms. The lowest BCUT2D eigenvalue weighted by Gasteiger charge is -2.38. The van der Waals surface area contributed by atoms with E-state index in [0.717, 1.165) is 43.2 Å². The van der Waals surface area contributed by atoms with Crippen molar-refractivity contribution in [1.29, 1.82) is 0 Å². The zero-order valence-corrected chi connectivity index (χ0v) is 17.4. The normalized spacial score (nSPS) is 27.5.